The number of aromatic nitrogens is 1. The molecule has 0 spiro atoms. The molecule has 2 aliphatic heterocycles. The van der Waals surface area contributed by atoms with Gasteiger partial charge in [-0.3, -0.25) is 9.69 Å². The third-order valence-electron chi connectivity index (χ3n) is 5.28. The first-order chi connectivity index (χ1) is 12.1. The summed E-state index contributed by atoms with van der Waals surface area (Å²) < 4.78 is 14.0. The van der Waals surface area contributed by atoms with Gasteiger partial charge in [-0.15, -0.1) is 11.3 Å². The van der Waals surface area contributed by atoms with E-state index in [1.807, 2.05) is 6.92 Å². The van der Waals surface area contributed by atoms with Crippen LogP contribution in [0.15, 0.2) is 29.6 Å². The van der Waals surface area contributed by atoms with Gasteiger partial charge in [0, 0.05) is 23.5 Å². The van der Waals surface area contributed by atoms with Crippen molar-refractivity contribution < 1.29 is 9.18 Å². The fourth-order valence-electron chi connectivity index (χ4n) is 3.93. The number of carbonyl (C=O) groups is 1. The zero-order chi connectivity index (χ0) is 17.4. The topological polar surface area (TPSA) is 36.4 Å². The molecule has 132 valence electrons. The highest BCUT2D eigenvalue weighted by Crippen LogP contribution is 2.33. The van der Waals surface area contributed by atoms with Crippen molar-refractivity contribution in [3.63, 3.8) is 0 Å². The Balaban J connectivity index is 1.41. The maximum atomic E-state index is 14.0. The number of halogens is 1. The van der Waals surface area contributed by atoms with E-state index in [1.165, 1.54) is 11.1 Å². The second-order valence-electron chi connectivity index (χ2n) is 6.88. The zero-order valence-corrected chi connectivity index (χ0v) is 15.1. The number of thiazole rings is 1. The fourth-order valence-corrected chi connectivity index (χ4v) is 4.90. The largest absolute Gasteiger partial charge is 0.308 e. The summed E-state index contributed by atoms with van der Waals surface area (Å²) in [6, 6.07) is 6.42. The first kappa shape index (κ1) is 16.7. The average molecular weight is 359 g/mol. The number of piperidine rings is 1. The Labute approximate surface area is 151 Å². The van der Waals surface area contributed by atoms with Crippen molar-refractivity contribution in [1.29, 1.82) is 0 Å². The molecule has 2 aliphatic rings. The molecule has 0 saturated carbocycles. The maximum absolute atomic E-state index is 14.0. The van der Waals surface area contributed by atoms with Crippen LogP contribution in [-0.4, -0.2) is 41.5 Å². The third kappa shape index (κ3) is 3.20. The van der Waals surface area contributed by atoms with E-state index in [0.717, 1.165) is 38.0 Å². The second kappa shape index (κ2) is 6.84. The van der Waals surface area contributed by atoms with Crippen LogP contribution >= 0.6 is 11.3 Å². The van der Waals surface area contributed by atoms with Crippen LogP contribution in [0, 0.1) is 12.7 Å². The van der Waals surface area contributed by atoms with Crippen molar-refractivity contribution in [2.75, 3.05) is 24.5 Å². The van der Waals surface area contributed by atoms with Crippen molar-refractivity contribution in [3.8, 4) is 0 Å². The predicted octanol–water partition coefficient (Wildman–Crippen LogP) is 3.58. The van der Waals surface area contributed by atoms with Crippen molar-refractivity contribution in [2.45, 2.75) is 38.1 Å². The molecule has 6 heteroatoms. The SMILES string of the molecule is Cc1csc(C2CCN(C3CCN(c4ccccc4F)C3=O)CC2)n1. The molecule has 2 aromatic rings. The normalized spacial score (nSPS) is 22.7. The lowest BCUT2D eigenvalue weighted by Crippen LogP contribution is -2.45. The van der Waals surface area contributed by atoms with E-state index < -0.39 is 0 Å². The first-order valence-corrected chi connectivity index (χ1v) is 9.73. The van der Waals surface area contributed by atoms with Crippen molar-refractivity contribution >= 4 is 22.9 Å². The molecule has 1 unspecified atom stereocenters. The van der Waals surface area contributed by atoms with Crippen LogP contribution in [0.5, 0.6) is 0 Å². The van der Waals surface area contributed by atoms with Crippen molar-refractivity contribution in [1.82, 2.24) is 9.88 Å². The predicted molar refractivity (Wildman–Crippen MR) is 97.6 cm³/mol. The highest BCUT2D eigenvalue weighted by Gasteiger charge is 2.39. The molecule has 1 aromatic heterocycles. The minimum absolute atomic E-state index is 0.0358. The summed E-state index contributed by atoms with van der Waals surface area (Å²) in [6.45, 7) is 4.44. The highest BCUT2D eigenvalue weighted by molar-refractivity contribution is 7.09. The minimum Gasteiger partial charge on any atom is -0.308 e. The fraction of sp³-hybridized carbons (Fsp3) is 0.474. The van der Waals surface area contributed by atoms with E-state index in [9.17, 15) is 9.18 Å². The van der Waals surface area contributed by atoms with Crippen LogP contribution in [0.2, 0.25) is 0 Å². The zero-order valence-electron chi connectivity index (χ0n) is 14.3. The molecule has 0 aliphatic carbocycles. The lowest BCUT2D eigenvalue weighted by atomic mass is 9.96. The van der Waals surface area contributed by atoms with Crippen molar-refractivity contribution in [2.24, 2.45) is 0 Å². The van der Waals surface area contributed by atoms with E-state index in [1.54, 1.807) is 34.4 Å². The average Bonchev–Trinajstić information content (AvgIpc) is 3.22. The van der Waals surface area contributed by atoms with E-state index in [0.29, 0.717) is 18.2 Å². The van der Waals surface area contributed by atoms with Gasteiger partial charge < -0.3 is 4.90 Å². The van der Waals surface area contributed by atoms with Crippen LogP contribution in [0.3, 0.4) is 0 Å². The number of aryl methyl sites for hydroxylation is 1. The number of carbonyl (C=O) groups excluding carboxylic acids is 1. The van der Waals surface area contributed by atoms with Crippen LogP contribution in [0.25, 0.3) is 0 Å². The van der Waals surface area contributed by atoms with Crippen LogP contribution in [0.4, 0.5) is 10.1 Å². The molecule has 0 radical (unpaired) electrons. The van der Waals surface area contributed by atoms with Gasteiger partial charge in [0.15, 0.2) is 0 Å². The number of anilines is 1. The van der Waals surface area contributed by atoms with Gasteiger partial charge in [0.25, 0.3) is 0 Å². The highest BCUT2D eigenvalue weighted by atomic mass is 32.1. The molecule has 1 atom stereocenters. The summed E-state index contributed by atoms with van der Waals surface area (Å²) in [7, 11) is 0. The molecule has 2 fully saturated rings. The molecule has 2 saturated heterocycles. The number of hydrogen-bond acceptors (Lipinski definition) is 4. The van der Waals surface area contributed by atoms with Gasteiger partial charge in [-0.1, -0.05) is 12.1 Å². The monoisotopic (exact) mass is 359 g/mol. The smallest absolute Gasteiger partial charge is 0.244 e. The molecule has 0 N–H and O–H groups in total. The minimum atomic E-state index is -0.325. The summed E-state index contributed by atoms with van der Waals surface area (Å²) >= 11 is 1.74. The van der Waals surface area contributed by atoms with Gasteiger partial charge >= 0.3 is 0 Å². The summed E-state index contributed by atoms with van der Waals surface area (Å²) in [4.78, 5) is 21.3. The van der Waals surface area contributed by atoms with Crippen LogP contribution < -0.4 is 4.90 Å². The number of rotatable bonds is 3. The molecule has 3 heterocycles. The molecular formula is C19H22FN3OS. The lowest BCUT2D eigenvalue weighted by molar-refractivity contribution is -0.122. The van der Waals surface area contributed by atoms with Gasteiger partial charge in [0.2, 0.25) is 5.91 Å². The molecule has 4 nitrogen and oxygen atoms in total. The summed E-state index contributed by atoms with van der Waals surface area (Å²) in [5, 5.41) is 3.33. The third-order valence-corrected chi connectivity index (χ3v) is 6.40. The second-order valence-corrected chi connectivity index (χ2v) is 7.77. The first-order valence-electron chi connectivity index (χ1n) is 8.85. The molecule has 1 amide bonds. The Hall–Kier alpha value is -1.79. The van der Waals surface area contributed by atoms with Gasteiger partial charge in [-0.05, 0) is 51.4 Å². The Bertz CT molecular complexity index is 770. The van der Waals surface area contributed by atoms with Gasteiger partial charge in [0.05, 0.1) is 16.7 Å². The Morgan fingerprint density at radius 2 is 1.92 bits per heavy atom. The molecule has 1 aromatic carbocycles. The molecular weight excluding hydrogens is 337 g/mol. The molecule has 25 heavy (non-hydrogen) atoms. The summed E-state index contributed by atoms with van der Waals surface area (Å²) in [6.07, 6.45) is 2.85. The number of hydrogen-bond donors (Lipinski definition) is 0. The van der Waals surface area contributed by atoms with Gasteiger partial charge in [-0.2, -0.15) is 0 Å². The Morgan fingerprint density at radius 1 is 1.16 bits per heavy atom. The van der Waals surface area contributed by atoms with Crippen LogP contribution in [0.1, 0.15) is 35.9 Å². The maximum Gasteiger partial charge on any atom is 0.244 e. The van der Waals surface area contributed by atoms with Crippen LogP contribution in [-0.2, 0) is 4.79 Å². The number of nitrogens with zero attached hydrogens (tertiary/aromatic N) is 3. The lowest BCUT2D eigenvalue weighted by Gasteiger charge is -2.34. The quantitative estimate of drug-likeness (QED) is 0.840. The van der Waals surface area contributed by atoms with Gasteiger partial charge in [0.1, 0.15) is 5.82 Å². The van der Waals surface area contributed by atoms with E-state index >= 15 is 0 Å². The number of benzene rings is 1. The van der Waals surface area contributed by atoms with Crippen molar-refractivity contribution in [3.05, 3.63) is 46.2 Å². The van der Waals surface area contributed by atoms with E-state index in [4.69, 9.17) is 0 Å². The van der Waals surface area contributed by atoms with E-state index in [-0.39, 0.29) is 17.8 Å². The van der Waals surface area contributed by atoms with Gasteiger partial charge in [-0.25, -0.2) is 9.37 Å². The Kier molecular flexibility index (Phi) is 4.56. The molecule has 4 rings (SSSR count). The number of para-hydroxylation sites is 1. The standard InChI is InChI=1S/C19H22FN3OS/c1-13-12-25-18(21-13)14-6-9-22(10-7-14)17-8-11-23(19(17)24)16-5-3-2-4-15(16)20/h2-5,12,14,17H,6-11H2,1H3. The summed E-state index contributed by atoms with van der Waals surface area (Å²) in [5.74, 6) is 0.220. The number of amides is 1. The molecule has 0 bridgehead atoms. The van der Waals surface area contributed by atoms with E-state index in [2.05, 4.69) is 15.3 Å². The Morgan fingerprint density at radius 3 is 2.60 bits per heavy atom. The number of likely N-dealkylation sites (tertiary alicyclic amines) is 1. The summed E-state index contributed by atoms with van der Waals surface area (Å²) in [5.41, 5.74) is 1.50.